The van der Waals surface area contributed by atoms with E-state index in [4.69, 9.17) is 25.8 Å². The van der Waals surface area contributed by atoms with Crippen LogP contribution in [0.25, 0.3) is 0 Å². The van der Waals surface area contributed by atoms with Gasteiger partial charge in [-0.05, 0) is 48.5 Å². The number of rotatable bonds is 8. The van der Waals surface area contributed by atoms with Crippen LogP contribution in [0.2, 0.25) is 5.02 Å². The summed E-state index contributed by atoms with van der Waals surface area (Å²) in [7, 11) is 0. The standard InChI is InChI=1S/C23H17ClN2O4S/c24-16-8-10-18(11-9-16)28-14-21-26-17(15-31-21)13-29-23(27)20-7-4-12-25-22(20)30-19-5-2-1-3-6-19/h1-12,15H,13-14H2. The third kappa shape index (κ3) is 5.81. The van der Waals surface area contributed by atoms with Gasteiger partial charge in [-0.3, -0.25) is 0 Å². The van der Waals surface area contributed by atoms with Crippen molar-refractivity contribution < 1.29 is 19.0 Å². The zero-order valence-electron chi connectivity index (χ0n) is 16.2. The third-order valence-corrected chi connectivity index (χ3v) is 5.20. The molecule has 0 unspecified atom stereocenters. The van der Waals surface area contributed by atoms with Gasteiger partial charge in [-0.2, -0.15) is 0 Å². The lowest BCUT2D eigenvalue weighted by Gasteiger charge is -2.09. The second-order valence-electron chi connectivity index (χ2n) is 6.32. The fourth-order valence-electron chi connectivity index (χ4n) is 2.60. The molecule has 0 N–H and O–H groups in total. The fourth-order valence-corrected chi connectivity index (χ4v) is 3.42. The van der Waals surface area contributed by atoms with Crippen LogP contribution in [-0.2, 0) is 18.0 Å². The average Bonchev–Trinajstić information content (AvgIpc) is 3.26. The van der Waals surface area contributed by atoms with Crippen molar-refractivity contribution in [3.63, 3.8) is 0 Å². The predicted octanol–water partition coefficient (Wildman–Crippen LogP) is 5.92. The topological polar surface area (TPSA) is 70.5 Å². The number of nitrogens with zero attached hydrogens (tertiary/aromatic N) is 2. The molecule has 0 atom stereocenters. The number of hydrogen-bond acceptors (Lipinski definition) is 7. The Bertz CT molecular complexity index is 1150. The van der Waals surface area contributed by atoms with E-state index in [0.29, 0.717) is 28.8 Å². The van der Waals surface area contributed by atoms with E-state index in [0.717, 1.165) is 5.01 Å². The molecule has 0 amide bonds. The van der Waals surface area contributed by atoms with Crippen LogP contribution in [0.15, 0.2) is 78.3 Å². The molecule has 0 aliphatic carbocycles. The van der Waals surface area contributed by atoms with Gasteiger partial charge in [0.15, 0.2) is 0 Å². The van der Waals surface area contributed by atoms with Crippen LogP contribution in [0, 0.1) is 0 Å². The predicted molar refractivity (Wildman–Crippen MR) is 118 cm³/mol. The van der Waals surface area contributed by atoms with E-state index in [9.17, 15) is 4.79 Å². The molecule has 0 fully saturated rings. The summed E-state index contributed by atoms with van der Waals surface area (Å²) in [5, 5.41) is 3.26. The van der Waals surface area contributed by atoms with Gasteiger partial charge < -0.3 is 14.2 Å². The first-order chi connectivity index (χ1) is 15.2. The summed E-state index contributed by atoms with van der Waals surface area (Å²) in [6, 6.07) is 19.5. The van der Waals surface area contributed by atoms with E-state index < -0.39 is 5.97 Å². The van der Waals surface area contributed by atoms with Crippen LogP contribution in [0.4, 0.5) is 0 Å². The van der Waals surface area contributed by atoms with Crippen molar-refractivity contribution in [2.75, 3.05) is 0 Å². The van der Waals surface area contributed by atoms with Crippen LogP contribution < -0.4 is 9.47 Å². The van der Waals surface area contributed by atoms with E-state index >= 15 is 0 Å². The van der Waals surface area contributed by atoms with Crippen molar-refractivity contribution in [1.82, 2.24) is 9.97 Å². The molecule has 2 aromatic heterocycles. The number of carbonyl (C=O) groups is 1. The molecule has 156 valence electrons. The Morgan fingerprint density at radius 1 is 0.935 bits per heavy atom. The number of esters is 1. The molecular weight excluding hydrogens is 436 g/mol. The molecule has 8 heteroatoms. The number of halogens is 1. The maximum absolute atomic E-state index is 12.6. The van der Waals surface area contributed by atoms with Gasteiger partial charge in [0, 0.05) is 16.6 Å². The smallest absolute Gasteiger partial charge is 0.344 e. The maximum atomic E-state index is 12.6. The number of aromatic nitrogens is 2. The second kappa shape index (κ2) is 10.1. The van der Waals surface area contributed by atoms with Crippen molar-refractivity contribution >= 4 is 28.9 Å². The molecule has 2 heterocycles. The first-order valence-corrected chi connectivity index (χ1v) is 10.6. The van der Waals surface area contributed by atoms with Crippen molar-refractivity contribution in [3.05, 3.63) is 99.6 Å². The third-order valence-electron chi connectivity index (χ3n) is 4.08. The van der Waals surface area contributed by atoms with Crippen molar-refractivity contribution in [2.24, 2.45) is 0 Å². The summed E-state index contributed by atoms with van der Waals surface area (Å²) >= 11 is 7.30. The molecular formula is C23H17ClN2O4S. The lowest BCUT2D eigenvalue weighted by molar-refractivity contribution is 0.0464. The van der Waals surface area contributed by atoms with Crippen LogP contribution >= 0.6 is 22.9 Å². The van der Waals surface area contributed by atoms with Gasteiger partial charge in [-0.25, -0.2) is 14.8 Å². The van der Waals surface area contributed by atoms with E-state index in [1.54, 1.807) is 54.7 Å². The highest BCUT2D eigenvalue weighted by atomic mass is 35.5. The number of hydrogen-bond donors (Lipinski definition) is 0. The molecule has 4 rings (SSSR count). The number of pyridine rings is 1. The first-order valence-electron chi connectivity index (χ1n) is 9.34. The Balaban J connectivity index is 1.34. The lowest BCUT2D eigenvalue weighted by Crippen LogP contribution is -2.08. The molecule has 4 aromatic rings. The normalized spacial score (nSPS) is 10.5. The summed E-state index contributed by atoms with van der Waals surface area (Å²) < 4.78 is 16.8. The zero-order valence-corrected chi connectivity index (χ0v) is 17.8. The summed E-state index contributed by atoms with van der Waals surface area (Å²) in [6.45, 7) is 0.355. The Kier molecular flexibility index (Phi) is 6.76. The molecule has 0 spiro atoms. The number of para-hydroxylation sites is 1. The zero-order chi connectivity index (χ0) is 21.5. The summed E-state index contributed by atoms with van der Waals surface area (Å²) in [5.41, 5.74) is 0.885. The molecule has 31 heavy (non-hydrogen) atoms. The summed E-state index contributed by atoms with van der Waals surface area (Å²) in [6.07, 6.45) is 1.56. The summed E-state index contributed by atoms with van der Waals surface area (Å²) in [5.74, 6) is 0.940. The Morgan fingerprint density at radius 2 is 1.74 bits per heavy atom. The van der Waals surface area contributed by atoms with Gasteiger partial charge in [0.05, 0.1) is 5.69 Å². The molecule has 0 bridgehead atoms. The van der Waals surface area contributed by atoms with E-state index in [1.165, 1.54) is 11.3 Å². The van der Waals surface area contributed by atoms with Crippen LogP contribution in [0.1, 0.15) is 21.1 Å². The van der Waals surface area contributed by atoms with Crippen molar-refractivity contribution in [3.8, 4) is 17.4 Å². The monoisotopic (exact) mass is 452 g/mol. The van der Waals surface area contributed by atoms with Crippen molar-refractivity contribution in [2.45, 2.75) is 13.2 Å². The van der Waals surface area contributed by atoms with Gasteiger partial charge >= 0.3 is 5.97 Å². The molecule has 0 aliphatic rings. The van der Waals surface area contributed by atoms with E-state index in [1.807, 2.05) is 23.6 Å². The second-order valence-corrected chi connectivity index (χ2v) is 7.70. The average molecular weight is 453 g/mol. The molecule has 2 aromatic carbocycles. The van der Waals surface area contributed by atoms with Gasteiger partial charge in [-0.15, -0.1) is 11.3 Å². The summed E-state index contributed by atoms with van der Waals surface area (Å²) in [4.78, 5) is 21.2. The number of benzene rings is 2. The Morgan fingerprint density at radius 3 is 2.55 bits per heavy atom. The largest absolute Gasteiger partial charge is 0.486 e. The molecule has 0 saturated heterocycles. The minimum atomic E-state index is -0.536. The molecule has 6 nitrogen and oxygen atoms in total. The van der Waals surface area contributed by atoms with Gasteiger partial charge in [0.1, 0.15) is 35.3 Å². The minimum absolute atomic E-state index is 0.0376. The first kappa shape index (κ1) is 20.8. The highest BCUT2D eigenvalue weighted by Crippen LogP contribution is 2.24. The highest BCUT2D eigenvalue weighted by molar-refractivity contribution is 7.09. The molecule has 0 aliphatic heterocycles. The van der Waals surface area contributed by atoms with Crippen LogP contribution in [0.5, 0.6) is 17.4 Å². The van der Waals surface area contributed by atoms with Crippen LogP contribution in [-0.4, -0.2) is 15.9 Å². The van der Waals surface area contributed by atoms with Gasteiger partial charge in [0.2, 0.25) is 5.88 Å². The fraction of sp³-hybridized carbons (Fsp3) is 0.0870. The Labute approximate surface area is 188 Å². The van der Waals surface area contributed by atoms with Crippen molar-refractivity contribution in [1.29, 1.82) is 0 Å². The van der Waals surface area contributed by atoms with Crippen LogP contribution in [0.3, 0.4) is 0 Å². The van der Waals surface area contributed by atoms with E-state index in [-0.39, 0.29) is 18.1 Å². The highest BCUT2D eigenvalue weighted by Gasteiger charge is 2.16. The van der Waals surface area contributed by atoms with Gasteiger partial charge in [-0.1, -0.05) is 29.8 Å². The SMILES string of the molecule is O=C(OCc1csc(COc2ccc(Cl)cc2)n1)c1cccnc1Oc1ccccc1. The van der Waals surface area contributed by atoms with E-state index in [2.05, 4.69) is 9.97 Å². The van der Waals surface area contributed by atoms with Gasteiger partial charge in [0.25, 0.3) is 0 Å². The quantitative estimate of drug-likeness (QED) is 0.309. The minimum Gasteiger partial charge on any atom is -0.486 e. The Hall–Kier alpha value is -3.42. The molecule has 0 radical (unpaired) electrons. The number of thiazole rings is 1. The number of carbonyl (C=O) groups excluding carboxylic acids is 1. The lowest BCUT2D eigenvalue weighted by atomic mass is 10.2. The number of ether oxygens (including phenoxy) is 3. The molecule has 0 saturated carbocycles. The maximum Gasteiger partial charge on any atom is 0.344 e.